The Morgan fingerprint density at radius 3 is 2.71 bits per heavy atom. The van der Waals surface area contributed by atoms with E-state index in [-0.39, 0.29) is 23.6 Å². The summed E-state index contributed by atoms with van der Waals surface area (Å²) >= 11 is 0. The zero-order valence-corrected chi connectivity index (χ0v) is 20.7. The smallest absolute Gasteiger partial charge is 0.306 e. The van der Waals surface area contributed by atoms with Crippen molar-refractivity contribution in [3.05, 3.63) is 82.7 Å². The maximum atomic E-state index is 14.1. The number of hydrogen-bond donors (Lipinski definition) is 2. The summed E-state index contributed by atoms with van der Waals surface area (Å²) in [5.74, 6) is -0.584. The minimum absolute atomic E-state index is 0.0228. The fraction of sp³-hybridized carbons (Fsp3) is 0.267. The number of nitrogens with zero attached hydrogens (tertiary/aromatic N) is 3. The van der Waals surface area contributed by atoms with Gasteiger partial charge in [-0.2, -0.15) is 10.2 Å². The molecule has 2 aliphatic carbocycles. The first-order chi connectivity index (χ1) is 18.4. The minimum Gasteiger partial charge on any atom is -0.481 e. The summed E-state index contributed by atoms with van der Waals surface area (Å²) in [5.41, 5.74) is 6.31. The predicted molar refractivity (Wildman–Crippen MR) is 138 cm³/mol. The molecule has 1 unspecified atom stereocenters. The molecular formula is C30H25FN4O3. The van der Waals surface area contributed by atoms with Crippen molar-refractivity contribution < 1.29 is 18.8 Å². The number of carboxylic acid groups (broad SMARTS) is 1. The zero-order chi connectivity index (χ0) is 26.4. The lowest BCUT2D eigenvalue weighted by molar-refractivity contribution is -0.145. The number of fused-ring (bicyclic) bond motifs is 1. The molecule has 0 amide bonds. The van der Waals surface area contributed by atoms with Crippen LogP contribution < -0.4 is 5.32 Å². The van der Waals surface area contributed by atoms with Crippen molar-refractivity contribution in [2.24, 2.45) is 5.92 Å². The van der Waals surface area contributed by atoms with Gasteiger partial charge in [0.2, 0.25) is 5.82 Å². The average molecular weight is 509 g/mol. The standard InChI is InChI=1S/C30H25FN4O3/c1-16-11-19(6-8-22(16)24-3-2-4-26(31)25(24)15-32)29-34-28(35-38-29)18-5-9-23-17(12-18)7-10-27(23)33-21-13-20(14-21)30(36)37/h2-6,8-9,11-12,20-21,27,33H,7,10,13-14H2,1H3,(H,36,37). The highest BCUT2D eigenvalue weighted by atomic mass is 19.1. The van der Waals surface area contributed by atoms with Crippen LogP contribution in [0.1, 0.15) is 47.6 Å². The van der Waals surface area contributed by atoms with Crippen LogP contribution in [0.4, 0.5) is 4.39 Å². The number of rotatable bonds is 6. The van der Waals surface area contributed by atoms with E-state index in [0.717, 1.165) is 35.1 Å². The van der Waals surface area contributed by atoms with Crippen molar-refractivity contribution in [3.8, 4) is 40.0 Å². The Hall–Kier alpha value is -4.35. The monoisotopic (exact) mass is 508 g/mol. The number of nitriles is 1. The molecular weight excluding hydrogens is 483 g/mol. The topological polar surface area (TPSA) is 112 Å². The molecule has 2 aliphatic rings. The molecule has 0 radical (unpaired) electrons. The van der Waals surface area contributed by atoms with Gasteiger partial charge in [-0.15, -0.1) is 0 Å². The number of aliphatic carboxylic acids is 1. The van der Waals surface area contributed by atoms with Crippen LogP contribution in [0.25, 0.3) is 34.0 Å². The predicted octanol–water partition coefficient (Wildman–Crippen LogP) is 5.83. The molecule has 1 saturated carbocycles. The second-order valence-corrected chi connectivity index (χ2v) is 10.1. The van der Waals surface area contributed by atoms with Crippen molar-refractivity contribution in [1.29, 1.82) is 5.26 Å². The van der Waals surface area contributed by atoms with Crippen LogP contribution in [0.2, 0.25) is 0 Å². The van der Waals surface area contributed by atoms with Gasteiger partial charge < -0.3 is 14.9 Å². The fourth-order valence-electron chi connectivity index (χ4n) is 5.59. The van der Waals surface area contributed by atoms with Gasteiger partial charge in [-0.1, -0.05) is 35.5 Å². The highest BCUT2D eigenvalue weighted by Gasteiger charge is 2.36. The second-order valence-electron chi connectivity index (χ2n) is 10.1. The van der Waals surface area contributed by atoms with E-state index in [1.807, 2.05) is 37.3 Å². The second kappa shape index (κ2) is 9.51. The molecule has 0 spiro atoms. The lowest BCUT2D eigenvalue weighted by atomic mass is 9.80. The number of halogens is 1. The van der Waals surface area contributed by atoms with Crippen molar-refractivity contribution in [1.82, 2.24) is 15.5 Å². The first-order valence-electron chi connectivity index (χ1n) is 12.7. The van der Waals surface area contributed by atoms with Crippen LogP contribution in [-0.4, -0.2) is 27.3 Å². The number of carbonyl (C=O) groups is 1. The van der Waals surface area contributed by atoms with Crippen LogP contribution in [0, 0.1) is 30.0 Å². The summed E-state index contributed by atoms with van der Waals surface area (Å²) in [6, 6.07) is 18.8. The highest BCUT2D eigenvalue weighted by Crippen LogP contribution is 2.37. The van der Waals surface area contributed by atoms with Crippen LogP contribution in [-0.2, 0) is 11.2 Å². The number of aromatic nitrogens is 2. The first-order valence-corrected chi connectivity index (χ1v) is 12.7. The molecule has 0 bridgehead atoms. The largest absolute Gasteiger partial charge is 0.481 e. The summed E-state index contributed by atoms with van der Waals surface area (Å²) in [6.07, 6.45) is 3.29. The molecule has 3 aromatic carbocycles. The number of nitrogens with one attached hydrogen (secondary N) is 1. The number of benzene rings is 3. The van der Waals surface area contributed by atoms with Gasteiger partial charge in [-0.05, 0) is 79.1 Å². The van der Waals surface area contributed by atoms with E-state index in [9.17, 15) is 14.4 Å². The lowest BCUT2D eigenvalue weighted by Crippen LogP contribution is -2.45. The molecule has 2 N–H and O–H groups in total. The van der Waals surface area contributed by atoms with Gasteiger partial charge in [-0.3, -0.25) is 4.79 Å². The Balaban J connectivity index is 1.20. The van der Waals surface area contributed by atoms with Gasteiger partial charge in [0.05, 0.1) is 11.5 Å². The molecule has 4 aromatic rings. The molecule has 8 heteroatoms. The van der Waals surface area contributed by atoms with Gasteiger partial charge in [0.1, 0.15) is 11.9 Å². The van der Waals surface area contributed by atoms with Crippen molar-refractivity contribution in [3.63, 3.8) is 0 Å². The molecule has 0 aliphatic heterocycles. The van der Waals surface area contributed by atoms with Gasteiger partial charge in [0.25, 0.3) is 5.89 Å². The van der Waals surface area contributed by atoms with E-state index < -0.39 is 11.8 Å². The lowest BCUT2D eigenvalue weighted by Gasteiger charge is -2.35. The van der Waals surface area contributed by atoms with Crippen molar-refractivity contribution >= 4 is 5.97 Å². The Morgan fingerprint density at radius 1 is 1.13 bits per heavy atom. The number of hydrogen-bond acceptors (Lipinski definition) is 6. The van der Waals surface area contributed by atoms with E-state index >= 15 is 0 Å². The third kappa shape index (κ3) is 4.25. The van der Waals surface area contributed by atoms with Gasteiger partial charge in [0, 0.05) is 28.8 Å². The zero-order valence-electron chi connectivity index (χ0n) is 20.7. The molecule has 1 atom stereocenters. The number of carboxylic acids is 1. The van der Waals surface area contributed by atoms with Gasteiger partial charge in [-0.25, -0.2) is 4.39 Å². The summed E-state index contributed by atoms with van der Waals surface area (Å²) in [6.45, 7) is 1.90. The normalized spacial score (nSPS) is 20.0. The van der Waals surface area contributed by atoms with Crippen LogP contribution in [0.15, 0.2) is 59.1 Å². The van der Waals surface area contributed by atoms with Crippen LogP contribution in [0.5, 0.6) is 0 Å². The quantitative estimate of drug-likeness (QED) is 0.337. The molecule has 1 heterocycles. The van der Waals surface area contributed by atoms with Gasteiger partial charge in [0.15, 0.2) is 0 Å². The molecule has 6 rings (SSSR count). The van der Waals surface area contributed by atoms with Crippen molar-refractivity contribution in [2.45, 2.75) is 44.7 Å². The Kier molecular flexibility index (Phi) is 6.01. The third-order valence-electron chi connectivity index (χ3n) is 7.72. The Morgan fingerprint density at radius 2 is 1.95 bits per heavy atom. The molecule has 190 valence electrons. The van der Waals surface area contributed by atoms with Crippen molar-refractivity contribution in [2.75, 3.05) is 0 Å². The maximum Gasteiger partial charge on any atom is 0.306 e. The Bertz CT molecular complexity index is 1600. The van der Waals surface area contributed by atoms with E-state index in [2.05, 4.69) is 27.6 Å². The molecule has 1 aromatic heterocycles. The molecule has 0 saturated heterocycles. The summed E-state index contributed by atoms with van der Waals surface area (Å²) in [4.78, 5) is 15.7. The molecule has 1 fully saturated rings. The first kappa shape index (κ1) is 24.0. The summed E-state index contributed by atoms with van der Waals surface area (Å²) < 4.78 is 19.7. The SMILES string of the molecule is Cc1cc(-c2nc(-c3ccc4c(c3)CCC4NC3CC(C(=O)O)C3)no2)ccc1-c1cccc(F)c1C#N. The average Bonchev–Trinajstić information content (AvgIpc) is 3.53. The van der Waals surface area contributed by atoms with E-state index in [1.54, 1.807) is 12.1 Å². The van der Waals surface area contributed by atoms with Crippen LogP contribution in [0.3, 0.4) is 0 Å². The maximum absolute atomic E-state index is 14.1. The van der Waals surface area contributed by atoms with Crippen LogP contribution >= 0.6 is 0 Å². The highest BCUT2D eigenvalue weighted by molar-refractivity contribution is 5.76. The summed E-state index contributed by atoms with van der Waals surface area (Å²) in [7, 11) is 0. The minimum atomic E-state index is -0.704. The molecule has 38 heavy (non-hydrogen) atoms. The Labute approximate surface area is 218 Å². The summed E-state index contributed by atoms with van der Waals surface area (Å²) in [5, 5.41) is 26.3. The van der Waals surface area contributed by atoms with E-state index in [4.69, 9.17) is 9.63 Å². The molecule has 7 nitrogen and oxygen atoms in total. The van der Waals surface area contributed by atoms with E-state index in [1.165, 1.54) is 17.2 Å². The number of aryl methyl sites for hydroxylation is 2. The fourth-order valence-corrected chi connectivity index (χ4v) is 5.59. The van der Waals surface area contributed by atoms with E-state index in [0.29, 0.717) is 30.1 Å². The third-order valence-corrected chi connectivity index (χ3v) is 7.72. The van der Waals surface area contributed by atoms with Gasteiger partial charge >= 0.3 is 5.97 Å².